The van der Waals surface area contributed by atoms with Crippen LogP contribution in [0.25, 0.3) is 0 Å². The summed E-state index contributed by atoms with van der Waals surface area (Å²) in [5.74, 6) is -0.261. The zero-order valence-corrected chi connectivity index (χ0v) is 12.6. The van der Waals surface area contributed by atoms with Gasteiger partial charge in [-0.1, -0.05) is 19.3 Å². The third-order valence-electron chi connectivity index (χ3n) is 4.15. The zero-order valence-electron chi connectivity index (χ0n) is 11.8. The fourth-order valence-corrected chi connectivity index (χ4v) is 3.70. The highest BCUT2D eigenvalue weighted by molar-refractivity contribution is 8.00. The molecule has 0 aliphatic heterocycles. The maximum Gasteiger partial charge on any atom is 0.141 e. The van der Waals surface area contributed by atoms with Gasteiger partial charge in [0, 0.05) is 23.5 Å². The molecule has 1 unspecified atom stereocenters. The average Bonchev–Trinajstić information content (AvgIpc) is 2.46. The monoisotopic (exact) mass is 282 g/mol. The number of thioether (sulfide) groups is 1. The molecule has 1 N–H and O–H groups in total. The number of aromatic nitrogens is 1. The van der Waals surface area contributed by atoms with Gasteiger partial charge in [0.25, 0.3) is 0 Å². The summed E-state index contributed by atoms with van der Waals surface area (Å²) in [6.45, 7) is 3.07. The Bertz CT molecular complexity index is 405. The number of hydrogen-bond acceptors (Lipinski definition) is 3. The standard InChI is InChI=1S/C15H23FN2S/c1-12(13-8-14(16)10-17-9-13)18-11-15(19-2)6-4-3-5-7-15/h8-10,12,18H,3-7,11H2,1-2H3. The Morgan fingerprint density at radius 2 is 2.11 bits per heavy atom. The van der Waals surface area contributed by atoms with Gasteiger partial charge < -0.3 is 5.32 Å². The average molecular weight is 282 g/mol. The van der Waals surface area contributed by atoms with Gasteiger partial charge in [0.15, 0.2) is 0 Å². The maximum absolute atomic E-state index is 13.2. The smallest absolute Gasteiger partial charge is 0.141 e. The quantitative estimate of drug-likeness (QED) is 0.885. The van der Waals surface area contributed by atoms with Gasteiger partial charge in [-0.2, -0.15) is 11.8 Å². The van der Waals surface area contributed by atoms with E-state index in [0.717, 1.165) is 12.1 Å². The van der Waals surface area contributed by atoms with Gasteiger partial charge in [-0.3, -0.25) is 4.98 Å². The predicted octanol–water partition coefficient (Wildman–Crippen LogP) is 3.94. The van der Waals surface area contributed by atoms with Crippen LogP contribution in [0.5, 0.6) is 0 Å². The van der Waals surface area contributed by atoms with Crippen molar-refractivity contribution >= 4 is 11.8 Å². The van der Waals surface area contributed by atoms with Crippen molar-refractivity contribution in [2.45, 2.75) is 49.8 Å². The predicted molar refractivity (Wildman–Crippen MR) is 79.9 cm³/mol. The van der Waals surface area contributed by atoms with Crippen LogP contribution in [0.2, 0.25) is 0 Å². The highest BCUT2D eigenvalue weighted by atomic mass is 32.2. The van der Waals surface area contributed by atoms with Gasteiger partial charge in [0.2, 0.25) is 0 Å². The van der Waals surface area contributed by atoms with Gasteiger partial charge in [-0.15, -0.1) is 0 Å². The molecule has 1 aromatic rings. The zero-order chi connectivity index (χ0) is 13.7. The van der Waals surface area contributed by atoms with E-state index in [1.165, 1.54) is 38.3 Å². The Hall–Kier alpha value is -0.610. The Labute approximate surface area is 119 Å². The molecule has 1 aromatic heterocycles. The molecule has 1 aliphatic carbocycles. The number of halogens is 1. The van der Waals surface area contributed by atoms with Gasteiger partial charge in [-0.05, 0) is 37.7 Å². The van der Waals surface area contributed by atoms with Crippen LogP contribution in [-0.2, 0) is 0 Å². The summed E-state index contributed by atoms with van der Waals surface area (Å²) in [7, 11) is 0. The van der Waals surface area contributed by atoms with E-state index in [0.29, 0.717) is 4.75 Å². The van der Waals surface area contributed by atoms with Crippen molar-refractivity contribution in [2.24, 2.45) is 0 Å². The van der Waals surface area contributed by atoms with Gasteiger partial charge in [0.05, 0.1) is 6.20 Å². The van der Waals surface area contributed by atoms with Crippen LogP contribution in [-0.4, -0.2) is 22.5 Å². The number of nitrogens with one attached hydrogen (secondary N) is 1. The molecule has 1 fully saturated rings. The van der Waals surface area contributed by atoms with Crippen molar-refractivity contribution in [1.29, 1.82) is 0 Å². The van der Waals surface area contributed by atoms with E-state index in [4.69, 9.17) is 0 Å². The summed E-state index contributed by atoms with van der Waals surface area (Å²) in [6.07, 6.45) is 11.8. The lowest BCUT2D eigenvalue weighted by molar-refractivity contribution is 0.367. The van der Waals surface area contributed by atoms with Crippen LogP contribution in [0, 0.1) is 5.82 Å². The molecule has 0 saturated heterocycles. The molecule has 2 nitrogen and oxygen atoms in total. The second kappa shape index (κ2) is 6.71. The topological polar surface area (TPSA) is 24.9 Å². The van der Waals surface area contributed by atoms with Gasteiger partial charge in [0.1, 0.15) is 5.82 Å². The number of nitrogens with zero attached hydrogens (tertiary/aromatic N) is 1. The van der Waals surface area contributed by atoms with Gasteiger partial charge >= 0.3 is 0 Å². The first-order chi connectivity index (χ1) is 9.15. The molecule has 0 radical (unpaired) electrons. The second-order valence-electron chi connectivity index (χ2n) is 5.49. The van der Waals surface area contributed by atoms with E-state index in [9.17, 15) is 4.39 Å². The molecule has 1 atom stereocenters. The molecule has 4 heteroatoms. The molecule has 1 saturated carbocycles. The normalized spacial score (nSPS) is 20.2. The molecule has 1 heterocycles. The SMILES string of the molecule is CSC1(CNC(C)c2cncc(F)c2)CCCCC1. The van der Waals surface area contributed by atoms with Crippen LogP contribution >= 0.6 is 11.8 Å². The minimum atomic E-state index is -0.261. The van der Waals surface area contributed by atoms with Gasteiger partial charge in [-0.25, -0.2) is 4.39 Å². The first-order valence-corrected chi connectivity index (χ1v) is 8.27. The Balaban J connectivity index is 1.93. The lowest BCUT2D eigenvalue weighted by Gasteiger charge is -2.37. The van der Waals surface area contributed by atoms with E-state index in [1.807, 2.05) is 11.8 Å². The first-order valence-electron chi connectivity index (χ1n) is 7.04. The first kappa shape index (κ1) is 14.8. The summed E-state index contributed by atoms with van der Waals surface area (Å²) in [5.41, 5.74) is 0.923. The molecule has 2 rings (SSSR count). The fraction of sp³-hybridized carbons (Fsp3) is 0.667. The molecule has 0 spiro atoms. The fourth-order valence-electron chi connectivity index (χ4n) is 2.77. The van der Waals surface area contributed by atoms with Crippen molar-refractivity contribution in [2.75, 3.05) is 12.8 Å². The van der Waals surface area contributed by atoms with E-state index in [2.05, 4.69) is 23.5 Å². The van der Waals surface area contributed by atoms with E-state index in [1.54, 1.807) is 12.3 Å². The van der Waals surface area contributed by atoms with E-state index in [-0.39, 0.29) is 11.9 Å². The summed E-state index contributed by atoms with van der Waals surface area (Å²) in [5, 5.41) is 3.56. The van der Waals surface area contributed by atoms with Crippen LogP contribution in [0.15, 0.2) is 18.5 Å². The Morgan fingerprint density at radius 1 is 1.37 bits per heavy atom. The van der Waals surface area contributed by atoms with E-state index < -0.39 is 0 Å². The largest absolute Gasteiger partial charge is 0.309 e. The molecule has 0 bridgehead atoms. The Kier molecular flexibility index (Phi) is 5.22. The molecule has 106 valence electrons. The highest BCUT2D eigenvalue weighted by Gasteiger charge is 2.31. The lowest BCUT2D eigenvalue weighted by atomic mass is 9.88. The van der Waals surface area contributed by atoms with Crippen LogP contribution < -0.4 is 5.32 Å². The summed E-state index contributed by atoms with van der Waals surface area (Å²) < 4.78 is 13.5. The maximum atomic E-state index is 13.2. The van der Waals surface area contributed by atoms with Crippen LogP contribution in [0.3, 0.4) is 0 Å². The third kappa shape index (κ3) is 3.93. The van der Waals surface area contributed by atoms with Crippen molar-refractivity contribution < 1.29 is 4.39 Å². The molecule has 0 amide bonds. The van der Waals surface area contributed by atoms with Crippen LogP contribution in [0.1, 0.15) is 50.6 Å². The molecule has 19 heavy (non-hydrogen) atoms. The van der Waals surface area contributed by atoms with E-state index >= 15 is 0 Å². The van der Waals surface area contributed by atoms with Crippen molar-refractivity contribution in [3.8, 4) is 0 Å². The van der Waals surface area contributed by atoms with Crippen LogP contribution in [0.4, 0.5) is 4.39 Å². The highest BCUT2D eigenvalue weighted by Crippen LogP contribution is 2.38. The number of hydrogen-bond donors (Lipinski definition) is 1. The summed E-state index contributed by atoms with van der Waals surface area (Å²) in [6, 6.07) is 1.71. The Morgan fingerprint density at radius 3 is 2.74 bits per heavy atom. The summed E-state index contributed by atoms with van der Waals surface area (Å²) >= 11 is 1.98. The number of rotatable bonds is 5. The second-order valence-corrected chi connectivity index (χ2v) is 6.76. The molecule has 1 aliphatic rings. The summed E-state index contributed by atoms with van der Waals surface area (Å²) in [4.78, 5) is 3.92. The number of pyridine rings is 1. The van der Waals surface area contributed by atoms with Crippen molar-refractivity contribution in [3.63, 3.8) is 0 Å². The molecular weight excluding hydrogens is 259 g/mol. The molecular formula is C15H23FN2S. The minimum absolute atomic E-state index is 0.147. The minimum Gasteiger partial charge on any atom is -0.309 e. The lowest BCUT2D eigenvalue weighted by Crippen LogP contribution is -2.40. The third-order valence-corrected chi connectivity index (χ3v) is 5.57. The van der Waals surface area contributed by atoms with Crippen molar-refractivity contribution in [1.82, 2.24) is 10.3 Å². The molecule has 0 aromatic carbocycles. The van der Waals surface area contributed by atoms with Crippen molar-refractivity contribution in [3.05, 3.63) is 29.8 Å².